The summed E-state index contributed by atoms with van der Waals surface area (Å²) < 4.78 is 5.24. The Hall–Kier alpha value is -2.14. The number of hydrazone groups is 1. The van der Waals surface area contributed by atoms with Gasteiger partial charge >= 0.3 is 0 Å². The van der Waals surface area contributed by atoms with Gasteiger partial charge in [0.05, 0.1) is 12.8 Å². The summed E-state index contributed by atoms with van der Waals surface area (Å²) in [6, 6.07) is 16.5. The first-order valence-electron chi connectivity index (χ1n) is 6.79. The number of thioether (sulfide) groups is 1. The van der Waals surface area contributed by atoms with E-state index in [-0.39, 0.29) is 5.66 Å². The number of benzene rings is 2. The molecule has 2 aliphatic heterocycles. The van der Waals surface area contributed by atoms with E-state index < -0.39 is 0 Å². The molecule has 21 heavy (non-hydrogen) atoms. The topological polar surface area (TPSA) is 36.9 Å². The number of nitrogens with one attached hydrogen (secondary N) is 1. The third kappa shape index (κ3) is 1.74. The molecule has 1 atom stereocenters. The molecule has 2 aromatic rings. The van der Waals surface area contributed by atoms with Crippen LogP contribution in [0.2, 0.25) is 0 Å². The number of methoxy groups -OCH3 is 1. The zero-order valence-electron chi connectivity index (χ0n) is 11.8. The van der Waals surface area contributed by atoms with Crippen LogP contribution in [0.15, 0.2) is 58.5 Å². The zero-order chi connectivity index (χ0) is 14.4. The first-order chi connectivity index (χ1) is 10.2. The molecular weight excluding hydrogens is 282 g/mol. The minimum atomic E-state index is -0.374. The summed E-state index contributed by atoms with van der Waals surface area (Å²) in [7, 11) is 1.68. The van der Waals surface area contributed by atoms with Crippen LogP contribution in [-0.4, -0.2) is 12.3 Å². The molecule has 4 nitrogen and oxygen atoms in total. The lowest BCUT2D eigenvalue weighted by Gasteiger charge is -2.34. The first-order valence-corrected chi connectivity index (χ1v) is 7.60. The molecule has 106 valence electrons. The number of nitrogens with zero attached hydrogens (tertiary/aromatic N) is 2. The zero-order valence-corrected chi connectivity index (χ0v) is 12.6. The number of fused-ring (bicyclic) bond motifs is 3. The fourth-order valence-corrected chi connectivity index (χ4v) is 3.87. The lowest BCUT2D eigenvalue weighted by molar-refractivity contribution is 0.408. The summed E-state index contributed by atoms with van der Waals surface area (Å²) >= 11 is 1.70. The van der Waals surface area contributed by atoms with Crippen LogP contribution in [0.1, 0.15) is 12.5 Å². The van der Waals surface area contributed by atoms with Crippen LogP contribution in [0.4, 0.5) is 5.69 Å². The minimum absolute atomic E-state index is 0.374. The Balaban J connectivity index is 1.79. The number of hydrogen-bond acceptors (Lipinski definition) is 5. The summed E-state index contributed by atoms with van der Waals surface area (Å²) in [5.74, 6) is 0.859. The van der Waals surface area contributed by atoms with Gasteiger partial charge in [-0.3, -0.25) is 10.3 Å². The summed E-state index contributed by atoms with van der Waals surface area (Å²) in [6.07, 6.45) is 0. The minimum Gasteiger partial charge on any atom is -0.497 e. The van der Waals surface area contributed by atoms with Gasteiger partial charge in [-0.2, -0.15) is 5.10 Å². The van der Waals surface area contributed by atoms with Crippen LogP contribution in [0.25, 0.3) is 0 Å². The molecule has 4 rings (SSSR count). The average molecular weight is 297 g/mol. The second-order valence-electron chi connectivity index (χ2n) is 5.21. The van der Waals surface area contributed by atoms with Crippen LogP contribution in [0.5, 0.6) is 5.75 Å². The van der Waals surface area contributed by atoms with Gasteiger partial charge < -0.3 is 4.74 Å². The van der Waals surface area contributed by atoms with Gasteiger partial charge in [0, 0.05) is 4.90 Å². The highest BCUT2D eigenvalue weighted by Gasteiger charge is 2.46. The van der Waals surface area contributed by atoms with Crippen molar-refractivity contribution in [2.24, 2.45) is 5.10 Å². The second-order valence-corrected chi connectivity index (χ2v) is 6.22. The molecule has 0 radical (unpaired) electrons. The van der Waals surface area contributed by atoms with Crippen molar-refractivity contribution in [1.29, 1.82) is 0 Å². The SMILES string of the molecule is COc1ccc(C2(C)NN=C3Sc4ccccc4N32)cc1. The maximum absolute atomic E-state index is 5.24. The van der Waals surface area contributed by atoms with Crippen molar-refractivity contribution in [3.8, 4) is 5.75 Å². The van der Waals surface area contributed by atoms with Crippen molar-refractivity contribution < 1.29 is 4.74 Å². The van der Waals surface area contributed by atoms with Crippen molar-refractivity contribution >= 4 is 22.6 Å². The number of anilines is 1. The third-order valence-electron chi connectivity index (χ3n) is 3.97. The standard InChI is InChI=1S/C16H15N3OS/c1-16(11-7-9-12(20-2)10-8-11)18-17-15-19(16)13-5-3-4-6-14(13)21-15/h3-10,18H,1-2H3. The molecule has 0 bridgehead atoms. The predicted molar refractivity (Wildman–Crippen MR) is 85.7 cm³/mol. The highest BCUT2D eigenvalue weighted by atomic mass is 32.2. The molecule has 0 amide bonds. The van der Waals surface area contributed by atoms with E-state index in [4.69, 9.17) is 4.74 Å². The Bertz CT molecular complexity index is 729. The van der Waals surface area contributed by atoms with E-state index in [1.165, 1.54) is 10.6 Å². The number of para-hydroxylation sites is 1. The van der Waals surface area contributed by atoms with Crippen molar-refractivity contribution in [3.63, 3.8) is 0 Å². The highest BCUT2D eigenvalue weighted by Crippen LogP contribution is 2.48. The van der Waals surface area contributed by atoms with E-state index >= 15 is 0 Å². The maximum Gasteiger partial charge on any atom is 0.194 e. The first kappa shape index (κ1) is 12.6. The molecule has 0 saturated carbocycles. The van der Waals surface area contributed by atoms with Crippen LogP contribution < -0.4 is 15.1 Å². The number of rotatable bonds is 2. The highest BCUT2D eigenvalue weighted by molar-refractivity contribution is 8.14. The molecule has 1 unspecified atom stereocenters. The molecule has 0 spiro atoms. The van der Waals surface area contributed by atoms with Gasteiger partial charge in [0.1, 0.15) is 5.75 Å². The molecule has 2 heterocycles. The van der Waals surface area contributed by atoms with E-state index in [0.29, 0.717) is 0 Å². The summed E-state index contributed by atoms with van der Waals surface area (Å²) in [6.45, 7) is 2.15. The third-order valence-corrected chi connectivity index (χ3v) is 4.99. The molecule has 0 saturated heterocycles. The Morgan fingerprint density at radius 3 is 2.67 bits per heavy atom. The fraction of sp³-hybridized carbons (Fsp3) is 0.188. The molecule has 1 N–H and O–H groups in total. The quantitative estimate of drug-likeness (QED) is 0.922. The fourth-order valence-electron chi connectivity index (χ4n) is 2.80. The lowest BCUT2D eigenvalue weighted by atomic mass is 10.00. The van der Waals surface area contributed by atoms with E-state index in [2.05, 4.69) is 58.7 Å². The van der Waals surface area contributed by atoms with Gasteiger partial charge in [0.15, 0.2) is 10.8 Å². The van der Waals surface area contributed by atoms with Gasteiger partial charge in [-0.15, -0.1) is 0 Å². The summed E-state index contributed by atoms with van der Waals surface area (Å²) in [5.41, 5.74) is 5.26. The van der Waals surface area contributed by atoms with E-state index in [1.54, 1.807) is 18.9 Å². The smallest absolute Gasteiger partial charge is 0.194 e. The van der Waals surface area contributed by atoms with Crippen LogP contribution in [-0.2, 0) is 5.66 Å². The molecular formula is C16H15N3OS. The van der Waals surface area contributed by atoms with Crippen molar-refractivity contribution in [2.75, 3.05) is 12.0 Å². The normalized spacial score (nSPS) is 22.4. The predicted octanol–water partition coefficient (Wildman–Crippen LogP) is 3.35. The van der Waals surface area contributed by atoms with Crippen LogP contribution in [0, 0.1) is 0 Å². The van der Waals surface area contributed by atoms with Gasteiger partial charge in [0.2, 0.25) is 0 Å². The van der Waals surface area contributed by atoms with Crippen molar-refractivity contribution in [2.45, 2.75) is 17.5 Å². The monoisotopic (exact) mass is 297 g/mol. The average Bonchev–Trinajstić information content (AvgIpc) is 3.06. The molecule has 0 aromatic heterocycles. The molecule has 2 aromatic carbocycles. The van der Waals surface area contributed by atoms with Gasteiger partial charge in [0.25, 0.3) is 0 Å². The molecule has 0 fully saturated rings. The molecule has 2 aliphatic rings. The van der Waals surface area contributed by atoms with Gasteiger partial charge in [-0.25, -0.2) is 0 Å². The van der Waals surface area contributed by atoms with E-state index in [9.17, 15) is 0 Å². The van der Waals surface area contributed by atoms with Gasteiger partial charge in [-0.1, -0.05) is 24.3 Å². The lowest BCUT2D eigenvalue weighted by Crippen LogP contribution is -2.47. The largest absolute Gasteiger partial charge is 0.497 e. The Morgan fingerprint density at radius 1 is 1.14 bits per heavy atom. The number of amidine groups is 1. The second kappa shape index (κ2) is 4.43. The van der Waals surface area contributed by atoms with E-state index in [0.717, 1.165) is 16.5 Å². The van der Waals surface area contributed by atoms with Crippen molar-refractivity contribution in [3.05, 3.63) is 54.1 Å². The van der Waals surface area contributed by atoms with Crippen molar-refractivity contribution in [1.82, 2.24) is 5.43 Å². The number of ether oxygens (including phenoxy) is 1. The van der Waals surface area contributed by atoms with Crippen LogP contribution in [0.3, 0.4) is 0 Å². The number of hydrogen-bond donors (Lipinski definition) is 1. The van der Waals surface area contributed by atoms with E-state index in [1.807, 2.05) is 12.1 Å². The summed E-state index contributed by atoms with van der Waals surface area (Å²) in [5, 5.41) is 5.50. The summed E-state index contributed by atoms with van der Waals surface area (Å²) in [4.78, 5) is 3.51. The maximum atomic E-state index is 5.24. The molecule has 0 aliphatic carbocycles. The Labute approximate surface area is 127 Å². The molecule has 5 heteroatoms. The Kier molecular flexibility index (Phi) is 2.65. The van der Waals surface area contributed by atoms with Crippen LogP contribution >= 0.6 is 11.8 Å². The Morgan fingerprint density at radius 2 is 1.90 bits per heavy atom. The van der Waals surface area contributed by atoms with Gasteiger partial charge in [-0.05, 0) is 48.5 Å².